The van der Waals surface area contributed by atoms with Crippen molar-refractivity contribution >= 4 is 0 Å². The van der Waals surface area contributed by atoms with Crippen LogP contribution in [0.3, 0.4) is 0 Å². The molecule has 0 heterocycles. The van der Waals surface area contributed by atoms with E-state index in [4.69, 9.17) is 10.5 Å². The fourth-order valence-electron chi connectivity index (χ4n) is 1.97. The normalized spacial score (nSPS) is 10.5. The monoisotopic (exact) mass is 259 g/mol. The molecule has 0 spiro atoms. The third-order valence-corrected chi connectivity index (χ3v) is 3.08. The molecule has 0 aliphatic carbocycles. The van der Waals surface area contributed by atoms with Crippen LogP contribution in [0.1, 0.15) is 16.7 Å². The maximum absolute atomic E-state index is 13.2. The van der Waals surface area contributed by atoms with E-state index < -0.39 is 0 Å². The highest BCUT2D eigenvalue weighted by Gasteiger charge is 2.06. The molecule has 0 fully saturated rings. The van der Waals surface area contributed by atoms with Crippen molar-refractivity contribution in [1.82, 2.24) is 0 Å². The Kier molecular flexibility index (Phi) is 4.53. The van der Waals surface area contributed by atoms with Gasteiger partial charge in [-0.2, -0.15) is 0 Å². The molecule has 2 aromatic rings. The minimum absolute atomic E-state index is 0.258. The zero-order chi connectivity index (χ0) is 13.7. The first-order valence-corrected chi connectivity index (χ1v) is 6.36. The van der Waals surface area contributed by atoms with Crippen molar-refractivity contribution < 1.29 is 9.13 Å². The zero-order valence-corrected chi connectivity index (χ0v) is 11.0. The van der Waals surface area contributed by atoms with E-state index >= 15 is 0 Å². The van der Waals surface area contributed by atoms with Gasteiger partial charge in [-0.15, -0.1) is 0 Å². The lowest BCUT2D eigenvalue weighted by Crippen LogP contribution is -2.06. The van der Waals surface area contributed by atoms with E-state index in [2.05, 4.69) is 0 Å². The summed E-state index contributed by atoms with van der Waals surface area (Å²) >= 11 is 0. The lowest BCUT2D eigenvalue weighted by atomic mass is 10.1. The van der Waals surface area contributed by atoms with Crippen molar-refractivity contribution in [1.29, 1.82) is 0 Å². The summed E-state index contributed by atoms with van der Waals surface area (Å²) in [6.45, 7) is 3.00. The van der Waals surface area contributed by atoms with Gasteiger partial charge >= 0.3 is 0 Å². The Balaban J connectivity index is 2.13. The van der Waals surface area contributed by atoms with Gasteiger partial charge in [-0.3, -0.25) is 0 Å². The zero-order valence-electron chi connectivity index (χ0n) is 11.0. The summed E-state index contributed by atoms with van der Waals surface area (Å²) in [6.07, 6.45) is 0.612. The molecule has 2 N–H and O–H groups in total. The van der Waals surface area contributed by atoms with Crippen LogP contribution in [-0.2, 0) is 13.0 Å². The van der Waals surface area contributed by atoms with Crippen LogP contribution in [0.25, 0.3) is 0 Å². The second kappa shape index (κ2) is 6.34. The molecular weight excluding hydrogens is 241 g/mol. The third-order valence-electron chi connectivity index (χ3n) is 3.08. The molecule has 2 aromatic carbocycles. The fraction of sp³-hybridized carbons (Fsp3) is 0.250. The molecule has 0 saturated heterocycles. The number of aryl methyl sites for hydroxylation is 1. The number of hydrogen-bond acceptors (Lipinski definition) is 2. The summed E-state index contributed by atoms with van der Waals surface area (Å²) < 4.78 is 19.0. The van der Waals surface area contributed by atoms with Gasteiger partial charge in [-0.1, -0.05) is 24.3 Å². The molecule has 3 heteroatoms. The van der Waals surface area contributed by atoms with E-state index in [1.807, 2.05) is 31.2 Å². The van der Waals surface area contributed by atoms with Crippen LogP contribution in [0, 0.1) is 12.7 Å². The quantitative estimate of drug-likeness (QED) is 0.894. The Bertz CT molecular complexity index is 554. The van der Waals surface area contributed by atoms with Crippen molar-refractivity contribution in [2.75, 3.05) is 6.54 Å². The Labute approximate surface area is 113 Å². The highest BCUT2D eigenvalue weighted by Crippen LogP contribution is 2.22. The summed E-state index contributed by atoms with van der Waals surface area (Å²) in [4.78, 5) is 0. The summed E-state index contributed by atoms with van der Waals surface area (Å²) in [5.41, 5.74) is 8.66. The summed E-state index contributed by atoms with van der Waals surface area (Å²) in [5, 5.41) is 0. The van der Waals surface area contributed by atoms with Gasteiger partial charge in [-0.25, -0.2) is 4.39 Å². The average molecular weight is 259 g/mol. The molecule has 0 aliphatic rings. The van der Waals surface area contributed by atoms with E-state index in [0.717, 1.165) is 11.1 Å². The van der Waals surface area contributed by atoms with E-state index in [-0.39, 0.29) is 5.82 Å². The Hall–Kier alpha value is -1.87. The Morgan fingerprint density at radius 3 is 2.63 bits per heavy atom. The fourth-order valence-corrected chi connectivity index (χ4v) is 1.97. The largest absolute Gasteiger partial charge is 0.489 e. The number of nitrogens with two attached hydrogens (primary N) is 1. The predicted molar refractivity (Wildman–Crippen MR) is 74.7 cm³/mol. The third kappa shape index (κ3) is 3.55. The van der Waals surface area contributed by atoms with Crippen molar-refractivity contribution in [3.05, 3.63) is 65.0 Å². The molecule has 0 saturated carbocycles. The van der Waals surface area contributed by atoms with Crippen LogP contribution in [0.5, 0.6) is 5.75 Å². The van der Waals surface area contributed by atoms with E-state index in [9.17, 15) is 4.39 Å². The first-order chi connectivity index (χ1) is 9.20. The number of rotatable bonds is 5. The number of hydrogen-bond donors (Lipinski definition) is 1. The molecule has 0 atom stereocenters. The smallest absolute Gasteiger partial charge is 0.123 e. The van der Waals surface area contributed by atoms with E-state index in [0.29, 0.717) is 25.3 Å². The lowest BCUT2D eigenvalue weighted by molar-refractivity contribution is 0.301. The van der Waals surface area contributed by atoms with E-state index in [1.54, 1.807) is 6.07 Å². The first kappa shape index (κ1) is 13.6. The van der Waals surface area contributed by atoms with Crippen LogP contribution in [0.2, 0.25) is 0 Å². The molecule has 0 amide bonds. The van der Waals surface area contributed by atoms with Gasteiger partial charge in [0.25, 0.3) is 0 Å². The van der Waals surface area contributed by atoms with Crippen LogP contribution < -0.4 is 10.5 Å². The Morgan fingerprint density at radius 2 is 1.89 bits per heavy atom. The maximum atomic E-state index is 13.2. The van der Waals surface area contributed by atoms with E-state index in [1.165, 1.54) is 17.7 Å². The minimum Gasteiger partial charge on any atom is -0.489 e. The van der Waals surface area contributed by atoms with Gasteiger partial charge in [0.2, 0.25) is 0 Å². The Morgan fingerprint density at radius 1 is 1.11 bits per heavy atom. The van der Waals surface area contributed by atoms with Gasteiger partial charge < -0.3 is 10.5 Å². The van der Waals surface area contributed by atoms with Crippen molar-refractivity contribution in [2.45, 2.75) is 20.0 Å². The summed E-state index contributed by atoms with van der Waals surface area (Å²) in [5.74, 6) is 0.446. The number of benzene rings is 2. The highest BCUT2D eigenvalue weighted by atomic mass is 19.1. The SMILES string of the molecule is Cc1ccccc1COc1ccc(F)cc1CCN. The molecule has 0 radical (unpaired) electrons. The van der Waals surface area contributed by atoms with Gasteiger partial charge in [0.15, 0.2) is 0 Å². The molecule has 0 aromatic heterocycles. The van der Waals surface area contributed by atoms with Gasteiger partial charge in [-0.05, 0) is 54.8 Å². The van der Waals surface area contributed by atoms with Crippen molar-refractivity contribution in [2.24, 2.45) is 5.73 Å². The second-order valence-electron chi connectivity index (χ2n) is 4.51. The van der Waals surface area contributed by atoms with Crippen LogP contribution in [-0.4, -0.2) is 6.54 Å². The predicted octanol–water partition coefficient (Wildman–Crippen LogP) is 3.21. The molecule has 0 unspecified atom stereocenters. The van der Waals surface area contributed by atoms with Gasteiger partial charge in [0.05, 0.1) is 0 Å². The summed E-state index contributed by atoms with van der Waals surface area (Å²) in [6, 6.07) is 12.6. The van der Waals surface area contributed by atoms with Crippen LogP contribution in [0.15, 0.2) is 42.5 Å². The molecule has 2 nitrogen and oxygen atoms in total. The second-order valence-corrected chi connectivity index (χ2v) is 4.51. The first-order valence-electron chi connectivity index (χ1n) is 6.36. The highest BCUT2D eigenvalue weighted by molar-refractivity contribution is 5.35. The van der Waals surface area contributed by atoms with Crippen molar-refractivity contribution in [3.8, 4) is 5.75 Å². The van der Waals surface area contributed by atoms with Gasteiger partial charge in [0, 0.05) is 0 Å². The molecular formula is C16H18FNO. The van der Waals surface area contributed by atoms with Crippen LogP contribution >= 0.6 is 0 Å². The molecule has 100 valence electrons. The average Bonchev–Trinajstić information content (AvgIpc) is 2.40. The molecule has 19 heavy (non-hydrogen) atoms. The standard InChI is InChI=1S/C16H18FNO/c1-12-4-2-3-5-14(12)11-19-16-7-6-15(17)10-13(16)8-9-18/h2-7,10H,8-9,11,18H2,1H3. The molecule has 2 rings (SSSR count). The number of halogens is 1. The van der Waals surface area contributed by atoms with Gasteiger partial charge in [0.1, 0.15) is 18.2 Å². The molecule has 0 aliphatic heterocycles. The topological polar surface area (TPSA) is 35.2 Å². The molecule has 0 bridgehead atoms. The van der Waals surface area contributed by atoms with Crippen molar-refractivity contribution in [3.63, 3.8) is 0 Å². The minimum atomic E-state index is -0.258. The lowest BCUT2D eigenvalue weighted by Gasteiger charge is -2.12. The number of ether oxygens (including phenoxy) is 1. The maximum Gasteiger partial charge on any atom is 0.123 e. The summed E-state index contributed by atoms with van der Waals surface area (Å²) in [7, 11) is 0. The van der Waals surface area contributed by atoms with Crippen LogP contribution in [0.4, 0.5) is 4.39 Å².